The Hall–Kier alpha value is -1.86. The third-order valence-corrected chi connectivity index (χ3v) is 6.23. The summed E-state index contributed by atoms with van der Waals surface area (Å²) in [6.45, 7) is 2.92. The molecule has 0 unspecified atom stereocenters. The van der Waals surface area contributed by atoms with Crippen LogP contribution in [0.25, 0.3) is 10.9 Å². The summed E-state index contributed by atoms with van der Waals surface area (Å²) in [5.74, 6) is 0.446. The Balaban J connectivity index is 1.59. The van der Waals surface area contributed by atoms with Crippen molar-refractivity contribution >= 4 is 28.6 Å². The molecule has 1 atom stereocenters. The minimum Gasteiger partial charge on any atom is -0.376 e. The molecule has 1 amide bonds. The second-order valence-electron chi connectivity index (χ2n) is 7.19. The number of amides is 1. The highest BCUT2D eigenvalue weighted by molar-refractivity contribution is 7.99. The second-order valence-corrected chi connectivity index (χ2v) is 8.13. The number of likely N-dealkylation sites (tertiary alicyclic amines) is 1. The van der Waals surface area contributed by atoms with Crippen LogP contribution in [-0.4, -0.2) is 51.9 Å². The van der Waals surface area contributed by atoms with Crippen molar-refractivity contribution < 1.29 is 9.53 Å². The molecule has 0 radical (unpaired) electrons. The average molecular weight is 388 g/mol. The zero-order chi connectivity index (χ0) is 18.6. The molecule has 7 heteroatoms. The molecule has 1 aromatic heterocycles. The van der Waals surface area contributed by atoms with Gasteiger partial charge in [0.05, 0.1) is 29.3 Å². The van der Waals surface area contributed by atoms with Gasteiger partial charge in [-0.3, -0.25) is 14.2 Å². The molecule has 3 heterocycles. The van der Waals surface area contributed by atoms with Crippen LogP contribution in [0.5, 0.6) is 0 Å². The molecule has 2 aromatic rings. The molecule has 0 saturated carbocycles. The number of fused-ring (bicyclic) bond motifs is 1. The van der Waals surface area contributed by atoms with E-state index in [0.29, 0.717) is 28.4 Å². The molecule has 144 valence electrons. The van der Waals surface area contributed by atoms with Crippen LogP contribution in [-0.2, 0) is 16.1 Å². The molecule has 27 heavy (non-hydrogen) atoms. The van der Waals surface area contributed by atoms with Gasteiger partial charge in [-0.15, -0.1) is 0 Å². The Kier molecular flexibility index (Phi) is 5.78. The van der Waals surface area contributed by atoms with Crippen molar-refractivity contribution in [3.8, 4) is 0 Å². The average Bonchev–Trinajstić information content (AvgIpc) is 3.22. The zero-order valence-corrected chi connectivity index (χ0v) is 16.2. The molecule has 0 bridgehead atoms. The summed E-state index contributed by atoms with van der Waals surface area (Å²) in [5, 5.41) is 1.22. The minimum absolute atomic E-state index is 0.0443. The number of aromatic nitrogens is 2. The number of para-hydroxylation sites is 1. The lowest BCUT2D eigenvalue weighted by Crippen LogP contribution is -2.37. The highest BCUT2D eigenvalue weighted by Gasteiger charge is 2.22. The van der Waals surface area contributed by atoms with E-state index in [0.717, 1.165) is 45.4 Å². The van der Waals surface area contributed by atoms with Crippen LogP contribution in [0.4, 0.5) is 0 Å². The Bertz CT molecular complexity index is 870. The largest absolute Gasteiger partial charge is 0.376 e. The van der Waals surface area contributed by atoms with Crippen LogP contribution in [0.1, 0.15) is 32.1 Å². The first-order chi connectivity index (χ1) is 13.2. The molecule has 4 rings (SSSR count). The standard InChI is InChI=1S/C20H25N3O3S/c24-18(22-10-4-1-5-11-22)14-27-20-21-17-9-3-2-8-16(17)19(25)23(20)13-15-7-6-12-26-15/h2-3,8-9,15H,1,4-7,10-14H2/t15-/m0/s1. The maximum atomic E-state index is 13.0. The molecule has 0 N–H and O–H groups in total. The van der Waals surface area contributed by atoms with Gasteiger partial charge in [0.15, 0.2) is 5.16 Å². The van der Waals surface area contributed by atoms with Gasteiger partial charge in [0.2, 0.25) is 5.91 Å². The first kappa shape index (κ1) is 18.5. The first-order valence-electron chi connectivity index (χ1n) is 9.74. The fourth-order valence-electron chi connectivity index (χ4n) is 3.77. The normalized spacial score (nSPS) is 20.3. The number of carbonyl (C=O) groups is 1. The number of thioether (sulfide) groups is 1. The third kappa shape index (κ3) is 4.19. The first-order valence-corrected chi connectivity index (χ1v) is 10.7. The van der Waals surface area contributed by atoms with Crippen LogP contribution in [0, 0.1) is 0 Å². The molecule has 0 aliphatic carbocycles. The maximum absolute atomic E-state index is 13.0. The SMILES string of the molecule is O=C(CSc1nc2ccccc2c(=O)n1C[C@@H]1CCCO1)N1CCCCC1. The minimum atomic E-state index is -0.0518. The number of piperidine rings is 1. The Morgan fingerprint density at radius 3 is 2.78 bits per heavy atom. The van der Waals surface area contributed by atoms with Crippen LogP contribution in [0.3, 0.4) is 0 Å². The maximum Gasteiger partial charge on any atom is 0.262 e. The number of rotatable bonds is 5. The molecule has 6 nitrogen and oxygen atoms in total. The van der Waals surface area contributed by atoms with Gasteiger partial charge in [0, 0.05) is 19.7 Å². The lowest BCUT2D eigenvalue weighted by Gasteiger charge is -2.26. The summed E-state index contributed by atoms with van der Waals surface area (Å²) in [6.07, 6.45) is 5.38. The molecule has 0 spiro atoms. The van der Waals surface area contributed by atoms with Gasteiger partial charge in [-0.2, -0.15) is 0 Å². The van der Waals surface area contributed by atoms with E-state index in [4.69, 9.17) is 9.72 Å². The Morgan fingerprint density at radius 1 is 1.19 bits per heavy atom. The molecule has 1 aromatic carbocycles. The lowest BCUT2D eigenvalue weighted by atomic mass is 10.1. The van der Waals surface area contributed by atoms with Crippen molar-refractivity contribution in [2.24, 2.45) is 0 Å². The van der Waals surface area contributed by atoms with E-state index >= 15 is 0 Å². The molecule has 2 aliphatic rings. The number of hydrogen-bond donors (Lipinski definition) is 0. The lowest BCUT2D eigenvalue weighted by molar-refractivity contribution is -0.129. The van der Waals surface area contributed by atoms with Crippen LogP contribution in [0.15, 0.2) is 34.2 Å². The fourth-order valence-corrected chi connectivity index (χ4v) is 4.68. The number of nitrogens with zero attached hydrogens (tertiary/aromatic N) is 3. The van der Waals surface area contributed by atoms with Gasteiger partial charge in [0.1, 0.15) is 0 Å². The zero-order valence-electron chi connectivity index (χ0n) is 15.4. The van der Waals surface area contributed by atoms with Crippen molar-refractivity contribution in [3.05, 3.63) is 34.6 Å². The highest BCUT2D eigenvalue weighted by atomic mass is 32.2. The van der Waals surface area contributed by atoms with Gasteiger partial charge >= 0.3 is 0 Å². The van der Waals surface area contributed by atoms with Crippen molar-refractivity contribution in [1.29, 1.82) is 0 Å². The quantitative estimate of drug-likeness (QED) is 0.583. The van der Waals surface area contributed by atoms with Crippen LogP contribution >= 0.6 is 11.8 Å². The Labute approximate surface area is 162 Å². The molecule has 2 saturated heterocycles. The number of ether oxygens (including phenoxy) is 1. The highest BCUT2D eigenvalue weighted by Crippen LogP contribution is 2.22. The number of hydrogen-bond acceptors (Lipinski definition) is 5. The van der Waals surface area contributed by atoms with Crippen molar-refractivity contribution in [2.45, 2.75) is 49.9 Å². The number of benzene rings is 1. The van der Waals surface area contributed by atoms with Crippen molar-refractivity contribution in [3.63, 3.8) is 0 Å². The van der Waals surface area contributed by atoms with E-state index in [-0.39, 0.29) is 17.6 Å². The van der Waals surface area contributed by atoms with Gasteiger partial charge in [-0.1, -0.05) is 23.9 Å². The third-order valence-electron chi connectivity index (χ3n) is 5.27. The second kappa shape index (κ2) is 8.44. The Morgan fingerprint density at radius 2 is 2.00 bits per heavy atom. The summed E-state index contributed by atoms with van der Waals surface area (Å²) >= 11 is 1.37. The molecule has 2 fully saturated rings. The van der Waals surface area contributed by atoms with Crippen LogP contribution in [0.2, 0.25) is 0 Å². The van der Waals surface area contributed by atoms with E-state index in [1.807, 2.05) is 29.2 Å². The summed E-state index contributed by atoms with van der Waals surface area (Å²) in [5.41, 5.74) is 0.628. The summed E-state index contributed by atoms with van der Waals surface area (Å²) in [7, 11) is 0. The van der Waals surface area contributed by atoms with E-state index in [9.17, 15) is 9.59 Å². The summed E-state index contributed by atoms with van der Waals surface area (Å²) in [4.78, 5) is 32.2. The monoisotopic (exact) mass is 387 g/mol. The topological polar surface area (TPSA) is 64.4 Å². The predicted octanol–water partition coefficient (Wildman–Crippen LogP) is 2.68. The molecular weight excluding hydrogens is 362 g/mol. The van der Waals surface area contributed by atoms with E-state index < -0.39 is 0 Å². The molecule has 2 aliphatic heterocycles. The summed E-state index contributed by atoms with van der Waals surface area (Å²) < 4.78 is 7.43. The predicted molar refractivity (Wildman–Crippen MR) is 106 cm³/mol. The van der Waals surface area contributed by atoms with Crippen LogP contribution < -0.4 is 5.56 Å². The van der Waals surface area contributed by atoms with E-state index in [2.05, 4.69) is 0 Å². The fraction of sp³-hybridized carbons (Fsp3) is 0.550. The van der Waals surface area contributed by atoms with E-state index in [1.165, 1.54) is 18.2 Å². The van der Waals surface area contributed by atoms with Gasteiger partial charge in [-0.25, -0.2) is 4.98 Å². The van der Waals surface area contributed by atoms with Gasteiger partial charge in [-0.05, 0) is 44.2 Å². The number of carbonyl (C=O) groups excluding carboxylic acids is 1. The van der Waals surface area contributed by atoms with E-state index in [1.54, 1.807) is 4.57 Å². The van der Waals surface area contributed by atoms with Gasteiger partial charge in [0.25, 0.3) is 5.56 Å². The van der Waals surface area contributed by atoms with Crippen molar-refractivity contribution in [1.82, 2.24) is 14.5 Å². The smallest absolute Gasteiger partial charge is 0.262 e. The molecular formula is C20H25N3O3S. The van der Waals surface area contributed by atoms with Gasteiger partial charge < -0.3 is 9.64 Å². The summed E-state index contributed by atoms with van der Waals surface area (Å²) in [6, 6.07) is 7.40. The van der Waals surface area contributed by atoms with Crippen molar-refractivity contribution in [2.75, 3.05) is 25.4 Å².